The number of nitrogens with two attached hydrogens (primary N) is 1. The molecular formula is C10H11ClFNO2. The summed E-state index contributed by atoms with van der Waals surface area (Å²) in [5.74, 6) is -1.00. The summed E-state index contributed by atoms with van der Waals surface area (Å²) in [7, 11) is 1.27. The van der Waals surface area contributed by atoms with Crippen LogP contribution in [-0.4, -0.2) is 13.1 Å². The minimum Gasteiger partial charge on any atom is -0.469 e. The molecule has 0 aliphatic heterocycles. The molecule has 0 aliphatic rings. The molecule has 1 atom stereocenters. The van der Waals surface area contributed by atoms with Crippen LogP contribution in [0.4, 0.5) is 4.39 Å². The van der Waals surface area contributed by atoms with E-state index < -0.39 is 17.8 Å². The molecule has 0 aromatic heterocycles. The summed E-state index contributed by atoms with van der Waals surface area (Å²) in [6.45, 7) is 0. The van der Waals surface area contributed by atoms with Gasteiger partial charge in [0.05, 0.1) is 18.6 Å². The van der Waals surface area contributed by atoms with E-state index in [4.69, 9.17) is 17.3 Å². The van der Waals surface area contributed by atoms with Crippen molar-refractivity contribution in [1.29, 1.82) is 0 Å². The van der Waals surface area contributed by atoms with E-state index in [1.165, 1.54) is 19.2 Å². The number of ether oxygens (including phenoxy) is 1. The fraction of sp³-hybridized carbons (Fsp3) is 0.300. The molecule has 0 saturated heterocycles. The number of esters is 1. The zero-order valence-electron chi connectivity index (χ0n) is 8.17. The van der Waals surface area contributed by atoms with Crippen molar-refractivity contribution in [3.8, 4) is 0 Å². The molecule has 2 N–H and O–H groups in total. The molecule has 0 fully saturated rings. The molecule has 0 radical (unpaired) electrons. The van der Waals surface area contributed by atoms with Gasteiger partial charge in [0.25, 0.3) is 0 Å². The minimum atomic E-state index is -0.652. The van der Waals surface area contributed by atoms with E-state index in [0.717, 1.165) is 0 Å². The first-order chi connectivity index (χ1) is 7.06. The van der Waals surface area contributed by atoms with E-state index in [-0.39, 0.29) is 11.4 Å². The second-order valence-corrected chi connectivity index (χ2v) is 3.41. The van der Waals surface area contributed by atoms with Crippen LogP contribution < -0.4 is 5.73 Å². The summed E-state index contributed by atoms with van der Waals surface area (Å²) in [6.07, 6.45) is -0.0281. The van der Waals surface area contributed by atoms with Crippen molar-refractivity contribution in [2.24, 2.45) is 5.73 Å². The third kappa shape index (κ3) is 2.91. The average molecular weight is 232 g/mol. The van der Waals surface area contributed by atoms with E-state index in [1.807, 2.05) is 0 Å². The molecule has 3 nitrogen and oxygen atoms in total. The first-order valence-electron chi connectivity index (χ1n) is 4.32. The summed E-state index contributed by atoms with van der Waals surface area (Å²) in [4.78, 5) is 11.0. The predicted molar refractivity (Wildman–Crippen MR) is 55.0 cm³/mol. The molecular weight excluding hydrogens is 221 g/mol. The highest BCUT2D eigenvalue weighted by molar-refractivity contribution is 6.31. The lowest BCUT2D eigenvalue weighted by molar-refractivity contribution is -0.141. The monoisotopic (exact) mass is 231 g/mol. The van der Waals surface area contributed by atoms with Crippen LogP contribution in [0.3, 0.4) is 0 Å². The van der Waals surface area contributed by atoms with Gasteiger partial charge in [-0.05, 0) is 11.6 Å². The summed E-state index contributed by atoms with van der Waals surface area (Å²) < 4.78 is 17.5. The van der Waals surface area contributed by atoms with Crippen LogP contribution >= 0.6 is 11.6 Å². The molecule has 0 spiro atoms. The third-order valence-corrected chi connectivity index (χ3v) is 2.39. The highest BCUT2D eigenvalue weighted by Gasteiger charge is 2.16. The van der Waals surface area contributed by atoms with Crippen LogP contribution in [0.5, 0.6) is 0 Å². The summed E-state index contributed by atoms with van der Waals surface area (Å²) >= 11 is 5.71. The summed E-state index contributed by atoms with van der Waals surface area (Å²) in [6, 6.07) is 3.66. The van der Waals surface area contributed by atoms with Gasteiger partial charge in [-0.3, -0.25) is 4.79 Å². The second kappa shape index (κ2) is 5.09. The van der Waals surface area contributed by atoms with Gasteiger partial charge in [0.1, 0.15) is 5.82 Å². The lowest BCUT2D eigenvalue weighted by Gasteiger charge is -2.12. The predicted octanol–water partition coefficient (Wildman–Crippen LogP) is 2.04. The van der Waals surface area contributed by atoms with Crippen LogP contribution in [0, 0.1) is 5.82 Å². The Balaban J connectivity index is 2.86. The largest absolute Gasteiger partial charge is 0.469 e. The van der Waals surface area contributed by atoms with Gasteiger partial charge in [-0.1, -0.05) is 23.7 Å². The Morgan fingerprint density at radius 3 is 2.93 bits per heavy atom. The van der Waals surface area contributed by atoms with Gasteiger partial charge in [0.15, 0.2) is 0 Å². The number of carbonyl (C=O) groups excluding carboxylic acids is 1. The van der Waals surface area contributed by atoms with E-state index in [1.54, 1.807) is 6.07 Å². The van der Waals surface area contributed by atoms with Crippen LogP contribution in [0.25, 0.3) is 0 Å². The van der Waals surface area contributed by atoms with E-state index >= 15 is 0 Å². The van der Waals surface area contributed by atoms with E-state index in [2.05, 4.69) is 4.74 Å². The molecule has 1 rings (SSSR count). The van der Waals surface area contributed by atoms with Gasteiger partial charge < -0.3 is 10.5 Å². The van der Waals surface area contributed by atoms with Crippen LogP contribution in [-0.2, 0) is 9.53 Å². The molecule has 82 valence electrons. The topological polar surface area (TPSA) is 52.3 Å². The molecule has 1 aromatic rings. The van der Waals surface area contributed by atoms with Crippen molar-refractivity contribution in [1.82, 2.24) is 0 Å². The van der Waals surface area contributed by atoms with Crippen molar-refractivity contribution >= 4 is 17.6 Å². The number of benzene rings is 1. The highest BCUT2D eigenvalue weighted by Crippen LogP contribution is 2.26. The van der Waals surface area contributed by atoms with Crippen molar-refractivity contribution in [2.75, 3.05) is 7.11 Å². The number of methoxy groups -OCH3 is 1. The van der Waals surface area contributed by atoms with Crippen LogP contribution in [0.2, 0.25) is 5.02 Å². The van der Waals surface area contributed by atoms with Crippen LogP contribution in [0.1, 0.15) is 18.0 Å². The first kappa shape index (κ1) is 11.9. The maximum atomic E-state index is 13.1. The van der Waals surface area contributed by atoms with Gasteiger partial charge >= 0.3 is 5.97 Å². The Labute approximate surface area is 92.0 Å². The SMILES string of the molecule is COC(=O)CC(N)c1cccc(F)c1Cl. The van der Waals surface area contributed by atoms with Gasteiger partial charge in [0, 0.05) is 6.04 Å². The molecule has 0 amide bonds. The Bertz CT molecular complexity index is 370. The lowest BCUT2D eigenvalue weighted by Crippen LogP contribution is -2.17. The standard InChI is InChI=1S/C10H11ClFNO2/c1-15-9(14)5-8(13)6-3-2-4-7(12)10(6)11/h2-4,8H,5,13H2,1H3. The fourth-order valence-electron chi connectivity index (χ4n) is 1.18. The van der Waals surface area contributed by atoms with Crippen molar-refractivity contribution in [2.45, 2.75) is 12.5 Å². The summed E-state index contributed by atoms with van der Waals surface area (Å²) in [5.41, 5.74) is 6.09. The Hall–Kier alpha value is -1.13. The van der Waals surface area contributed by atoms with Gasteiger partial charge in [-0.25, -0.2) is 4.39 Å². The van der Waals surface area contributed by atoms with Gasteiger partial charge in [-0.2, -0.15) is 0 Å². The number of carbonyl (C=O) groups is 1. The molecule has 15 heavy (non-hydrogen) atoms. The number of hydrogen-bond acceptors (Lipinski definition) is 3. The maximum Gasteiger partial charge on any atom is 0.307 e. The Morgan fingerprint density at radius 1 is 1.67 bits per heavy atom. The van der Waals surface area contributed by atoms with Gasteiger partial charge in [-0.15, -0.1) is 0 Å². The van der Waals surface area contributed by atoms with Crippen molar-refractivity contribution in [3.63, 3.8) is 0 Å². The molecule has 0 aliphatic carbocycles. The molecule has 1 unspecified atom stereocenters. The number of rotatable bonds is 3. The quantitative estimate of drug-likeness (QED) is 0.810. The lowest BCUT2D eigenvalue weighted by atomic mass is 10.0. The molecule has 1 aromatic carbocycles. The zero-order chi connectivity index (χ0) is 11.4. The highest BCUT2D eigenvalue weighted by atomic mass is 35.5. The van der Waals surface area contributed by atoms with Crippen molar-refractivity contribution in [3.05, 3.63) is 34.6 Å². The molecule has 0 saturated carbocycles. The smallest absolute Gasteiger partial charge is 0.307 e. The molecule has 5 heteroatoms. The molecule has 0 bridgehead atoms. The third-order valence-electron chi connectivity index (χ3n) is 2.00. The van der Waals surface area contributed by atoms with Gasteiger partial charge in [0.2, 0.25) is 0 Å². The van der Waals surface area contributed by atoms with Crippen LogP contribution in [0.15, 0.2) is 18.2 Å². The van der Waals surface area contributed by atoms with E-state index in [0.29, 0.717) is 5.56 Å². The van der Waals surface area contributed by atoms with Crippen molar-refractivity contribution < 1.29 is 13.9 Å². The minimum absolute atomic E-state index is 0.0281. The summed E-state index contributed by atoms with van der Waals surface area (Å²) in [5, 5.41) is -0.0473. The number of hydrogen-bond donors (Lipinski definition) is 1. The van der Waals surface area contributed by atoms with E-state index in [9.17, 15) is 9.18 Å². The second-order valence-electron chi connectivity index (χ2n) is 3.03. The zero-order valence-corrected chi connectivity index (χ0v) is 8.92. The number of halogens is 2. The Morgan fingerprint density at radius 2 is 2.33 bits per heavy atom. The fourth-order valence-corrected chi connectivity index (χ4v) is 1.45. The first-order valence-corrected chi connectivity index (χ1v) is 4.70. The average Bonchev–Trinajstić information content (AvgIpc) is 2.21. The molecule has 0 heterocycles. The normalized spacial score (nSPS) is 12.3. The maximum absolute atomic E-state index is 13.1. The Kier molecular flexibility index (Phi) is 4.05.